The number of thiophene rings is 1. The average Bonchev–Trinajstić information content (AvgIpc) is 2.95. The molecule has 2 N–H and O–H groups in total. The van der Waals surface area contributed by atoms with Crippen LogP contribution in [0.5, 0.6) is 11.6 Å². The largest absolute Gasteiger partial charge is 0.437 e. The van der Waals surface area contributed by atoms with Gasteiger partial charge in [0.2, 0.25) is 5.88 Å². The molecule has 24 heavy (non-hydrogen) atoms. The molecule has 0 bridgehead atoms. The van der Waals surface area contributed by atoms with E-state index in [0.717, 1.165) is 29.5 Å². The summed E-state index contributed by atoms with van der Waals surface area (Å²) < 4.78 is 5.96. The minimum atomic E-state index is -0.592. The molecule has 0 saturated carbocycles. The van der Waals surface area contributed by atoms with Crippen molar-refractivity contribution in [2.75, 3.05) is 0 Å². The van der Waals surface area contributed by atoms with Crippen LogP contribution in [0.25, 0.3) is 10.2 Å². The number of hydrogen-bond donors (Lipinski definition) is 1. The third-order valence-electron chi connectivity index (χ3n) is 4.13. The zero-order valence-corrected chi connectivity index (χ0v) is 14.3. The Bertz CT molecular complexity index is 954. The quantitative estimate of drug-likeness (QED) is 0.763. The van der Waals surface area contributed by atoms with Crippen LogP contribution < -0.4 is 10.5 Å². The SMILES string of the molecule is NC(=O)c1cc(Cl)ccc1Oc1ncnc2sc3c(c12)CCCC3. The number of amides is 1. The van der Waals surface area contributed by atoms with Gasteiger partial charge in [0.1, 0.15) is 16.9 Å². The number of aryl methyl sites for hydroxylation is 2. The van der Waals surface area contributed by atoms with E-state index in [-0.39, 0.29) is 5.56 Å². The molecule has 0 radical (unpaired) electrons. The fourth-order valence-corrected chi connectivity index (χ4v) is 4.42. The first-order valence-electron chi connectivity index (χ1n) is 7.66. The molecule has 1 aliphatic rings. The van der Waals surface area contributed by atoms with Crippen LogP contribution in [0.1, 0.15) is 33.6 Å². The number of nitrogens with two attached hydrogens (primary N) is 1. The molecule has 0 atom stereocenters. The minimum absolute atomic E-state index is 0.235. The number of carbonyl (C=O) groups excluding carboxylic acids is 1. The molecule has 2 aromatic heterocycles. The van der Waals surface area contributed by atoms with E-state index in [9.17, 15) is 4.79 Å². The van der Waals surface area contributed by atoms with Crippen molar-refractivity contribution in [1.82, 2.24) is 9.97 Å². The Kier molecular flexibility index (Phi) is 3.86. The van der Waals surface area contributed by atoms with E-state index >= 15 is 0 Å². The summed E-state index contributed by atoms with van der Waals surface area (Å²) in [5.74, 6) is 0.219. The fourth-order valence-electron chi connectivity index (χ4n) is 3.03. The molecule has 0 aliphatic heterocycles. The Hall–Kier alpha value is -2.18. The van der Waals surface area contributed by atoms with Gasteiger partial charge >= 0.3 is 0 Å². The summed E-state index contributed by atoms with van der Waals surface area (Å²) in [6.07, 6.45) is 5.91. The van der Waals surface area contributed by atoms with Gasteiger partial charge in [0.25, 0.3) is 5.91 Å². The van der Waals surface area contributed by atoms with Crippen molar-refractivity contribution >= 4 is 39.1 Å². The zero-order chi connectivity index (χ0) is 16.7. The summed E-state index contributed by atoms with van der Waals surface area (Å²) in [6, 6.07) is 4.79. The number of carbonyl (C=O) groups is 1. The van der Waals surface area contributed by atoms with Crippen molar-refractivity contribution in [1.29, 1.82) is 0 Å². The van der Waals surface area contributed by atoms with Crippen molar-refractivity contribution in [3.8, 4) is 11.6 Å². The fraction of sp³-hybridized carbons (Fsp3) is 0.235. The Morgan fingerprint density at radius 1 is 1.25 bits per heavy atom. The lowest BCUT2D eigenvalue weighted by molar-refractivity contribution is 0.0998. The molecule has 5 nitrogen and oxygen atoms in total. The first-order chi connectivity index (χ1) is 11.6. The third-order valence-corrected chi connectivity index (χ3v) is 5.57. The highest BCUT2D eigenvalue weighted by molar-refractivity contribution is 7.18. The highest BCUT2D eigenvalue weighted by Crippen LogP contribution is 2.40. The van der Waals surface area contributed by atoms with Gasteiger partial charge in [-0.15, -0.1) is 11.3 Å². The maximum atomic E-state index is 11.7. The number of rotatable bonds is 3. The Labute approximate surface area is 147 Å². The predicted molar refractivity (Wildman–Crippen MR) is 94.1 cm³/mol. The molecule has 0 spiro atoms. The van der Waals surface area contributed by atoms with Gasteiger partial charge in [-0.25, -0.2) is 9.97 Å². The molecule has 4 rings (SSSR count). The average molecular weight is 360 g/mol. The summed E-state index contributed by atoms with van der Waals surface area (Å²) >= 11 is 7.64. The van der Waals surface area contributed by atoms with Gasteiger partial charge < -0.3 is 10.5 Å². The minimum Gasteiger partial charge on any atom is -0.437 e. The molecule has 3 aromatic rings. The van der Waals surface area contributed by atoms with Gasteiger partial charge in [-0.2, -0.15) is 0 Å². The molecule has 1 amide bonds. The van der Waals surface area contributed by atoms with E-state index < -0.39 is 5.91 Å². The molecule has 7 heteroatoms. The molecular formula is C17H14ClN3O2S. The maximum absolute atomic E-state index is 11.7. The summed E-state index contributed by atoms with van der Waals surface area (Å²) in [5, 5.41) is 1.37. The standard InChI is InChI=1S/C17H14ClN3O2S/c18-9-5-6-12(11(7-9)15(19)22)23-16-14-10-3-1-2-4-13(10)24-17(14)21-8-20-16/h5-8H,1-4H2,(H2,19,22). The molecule has 122 valence electrons. The Balaban J connectivity index is 1.84. The van der Waals surface area contributed by atoms with E-state index in [1.807, 2.05) is 0 Å². The first-order valence-corrected chi connectivity index (χ1v) is 8.85. The summed E-state index contributed by atoms with van der Waals surface area (Å²) in [5.41, 5.74) is 6.94. The molecule has 0 unspecified atom stereocenters. The topological polar surface area (TPSA) is 78.1 Å². The number of benzene rings is 1. The molecule has 2 heterocycles. The second kappa shape index (κ2) is 6.03. The van der Waals surface area contributed by atoms with E-state index in [4.69, 9.17) is 22.1 Å². The van der Waals surface area contributed by atoms with Crippen LogP contribution in [0.4, 0.5) is 0 Å². The second-order valence-corrected chi connectivity index (χ2v) is 7.20. The third kappa shape index (κ3) is 2.61. The smallest absolute Gasteiger partial charge is 0.252 e. The van der Waals surface area contributed by atoms with Crippen LogP contribution in [0.3, 0.4) is 0 Å². The highest BCUT2D eigenvalue weighted by atomic mass is 35.5. The molecule has 1 aromatic carbocycles. The monoisotopic (exact) mass is 359 g/mol. The van der Waals surface area contributed by atoms with Crippen molar-refractivity contribution in [3.63, 3.8) is 0 Å². The maximum Gasteiger partial charge on any atom is 0.252 e. The van der Waals surface area contributed by atoms with Crippen LogP contribution in [0.2, 0.25) is 5.02 Å². The summed E-state index contributed by atoms with van der Waals surface area (Å²) in [7, 11) is 0. The van der Waals surface area contributed by atoms with Crippen molar-refractivity contribution in [3.05, 3.63) is 45.6 Å². The zero-order valence-electron chi connectivity index (χ0n) is 12.7. The van der Waals surface area contributed by atoms with Crippen molar-refractivity contribution < 1.29 is 9.53 Å². The molecule has 0 fully saturated rings. The first kappa shape index (κ1) is 15.4. The number of nitrogens with zero attached hydrogens (tertiary/aromatic N) is 2. The van der Waals surface area contributed by atoms with Crippen LogP contribution >= 0.6 is 22.9 Å². The lowest BCUT2D eigenvalue weighted by Crippen LogP contribution is -2.12. The van der Waals surface area contributed by atoms with E-state index in [1.165, 1.54) is 29.3 Å². The van der Waals surface area contributed by atoms with Gasteiger partial charge in [0, 0.05) is 9.90 Å². The van der Waals surface area contributed by atoms with E-state index in [2.05, 4.69) is 9.97 Å². The van der Waals surface area contributed by atoms with Gasteiger partial charge in [0.15, 0.2) is 0 Å². The highest BCUT2D eigenvalue weighted by Gasteiger charge is 2.22. The number of primary amides is 1. The van der Waals surface area contributed by atoms with Crippen molar-refractivity contribution in [2.45, 2.75) is 25.7 Å². The normalized spacial score (nSPS) is 13.7. The lowest BCUT2D eigenvalue weighted by atomic mass is 9.97. The predicted octanol–water partition coefficient (Wildman–Crippen LogP) is 4.11. The van der Waals surface area contributed by atoms with Crippen LogP contribution in [0.15, 0.2) is 24.5 Å². The molecule has 0 saturated heterocycles. The Morgan fingerprint density at radius 2 is 2.08 bits per heavy atom. The van der Waals surface area contributed by atoms with E-state index in [1.54, 1.807) is 23.5 Å². The number of ether oxygens (including phenoxy) is 1. The molecule has 1 aliphatic carbocycles. The van der Waals surface area contributed by atoms with Gasteiger partial charge in [-0.1, -0.05) is 11.6 Å². The number of hydrogen-bond acceptors (Lipinski definition) is 5. The van der Waals surface area contributed by atoms with Crippen LogP contribution in [-0.4, -0.2) is 15.9 Å². The van der Waals surface area contributed by atoms with Crippen molar-refractivity contribution in [2.24, 2.45) is 5.73 Å². The number of fused-ring (bicyclic) bond motifs is 3. The van der Waals surface area contributed by atoms with Gasteiger partial charge in [-0.05, 0) is 49.4 Å². The van der Waals surface area contributed by atoms with Gasteiger partial charge in [0.05, 0.1) is 10.9 Å². The van der Waals surface area contributed by atoms with E-state index in [0.29, 0.717) is 16.7 Å². The number of aromatic nitrogens is 2. The van der Waals surface area contributed by atoms with Crippen LogP contribution in [-0.2, 0) is 12.8 Å². The summed E-state index contributed by atoms with van der Waals surface area (Å²) in [6.45, 7) is 0. The Morgan fingerprint density at radius 3 is 2.92 bits per heavy atom. The van der Waals surface area contributed by atoms with Gasteiger partial charge in [-0.3, -0.25) is 4.79 Å². The lowest BCUT2D eigenvalue weighted by Gasteiger charge is -2.13. The second-order valence-electron chi connectivity index (χ2n) is 5.68. The molecular weight excluding hydrogens is 346 g/mol. The number of halogens is 1. The van der Waals surface area contributed by atoms with Crippen LogP contribution in [0, 0.1) is 0 Å². The summed E-state index contributed by atoms with van der Waals surface area (Å²) in [4.78, 5) is 22.6.